The van der Waals surface area contributed by atoms with Crippen molar-refractivity contribution in [3.63, 3.8) is 0 Å². The molecule has 1 atom stereocenters. The molecule has 0 bridgehead atoms. The summed E-state index contributed by atoms with van der Waals surface area (Å²) in [7, 11) is 0. The number of benzene rings is 1. The number of rotatable bonds is 5. The average molecular weight is 292 g/mol. The first kappa shape index (κ1) is 14.4. The standard InChI is InChI=1S/C14H14ClN3O2/c1-10(13-4-2-3-7-16-13)17-9-11-5-6-12(15)14(8-11)18(19)20/h2-8,10,17H,9H2,1H3/t10-/m0/s1. The van der Waals surface area contributed by atoms with Crippen LogP contribution in [0.15, 0.2) is 42.6 Å². The van der Waals surface area contributed by atoms with Gasteiger partial charge in [-0.2, -0.15) is 0 Å². The highest BCUT2D eigenvalue weighted by atomic mass is 35.5. The maximum atomic E-state index is 10.8. The molecule has 0 aliphatic rings. The molecule has 2 rings (SSSR count). The number of nitro benzene ring substituents is 1. The van der Waals surface area contributed by atoms with Gasteiger partial charge in [0.15, 0.2) is 0 Å². The number of nitro groups is 1. The molecule has 0 fully saturated rings. The van der Waals surface area contributed by atoms with Gasteiger partial charge in [-0.05, 0) is 30.7 Å². The van der Waals surface area contributed by atoms with Crippen LogP contribution in [0.2, 0.25) is 5.02 Å². The Labute approximate surface area is 121 Å². The lowest BCUT2D eigenvalue weighted by atomic mass is 10.1. The van der Waals surface area contributed by atoms with Gasteiger partial charge in [0, 0.05) is 24.8 Å². The molecule has 0 saturated heterocycles. The largest absolute Gasteiger partial charge is 0.305 e. The Morgan fingerprint density at radius 1 is 1.40 bits per heavy atom. The minimum Gasteiger partial charge on any atom is -0.305 e. The predicted octanol–water partition coefficient (Wildman–Crippen LogP) is 3.49. The van der Waals surface area contributed by atoms with Crippen molar-refractivity contribution >= 4 is 17.3 Å². The van der Waals surface area contributed by atoms with Crippen LogP contribution in [0.5, 0.6) is 0 Å². The van der Waals surface area contributed by atoms with Crippen molar-refractivity contribution < 1.29 is 4.92 Å². The average Bonchev–Trinajstić information content (AvgIpc) is 2.46. The highest BCUT2D eigenvalue weighted by Crippen LogP contribution is 2.25. The normalized spacial score (nSPS) is 12.1. The minimum absolute atomic E-state index is 0.0611. The summed E-state index contributed by atoms with van der Waals surface area (Å²) in [5.74, 6) is 0. The Balaban J connectivity index is 2.04. The van der Waals surface area contributed by atoms with Crippen molar-refractivity contribution in [1.29, 1.82) is 0 Å². The molecule has 1 heterocycles. The Bertz CT molecular complexity index is 605. The molecular formula is C14H14ClN3O2. The maximum absolute atomic E-state index is 10.8. The summed E-state index contributed by atoms with van der Waals surface area (Å²) in [5, 5.41) is 14.2. The molecule has 104 valence electrons. The molecule has 0 aliphatic heterocycles. The molecule has 20 heavy (non-hydrogen) atoms. The highest BCUT2D eigenvalue weighted by molar-refractivity contribution is 6.32. The first-order chi connectivity index (χ1) is 9.58. The van der Waals surface area contributed by atoms with E-state index >= 15 is 0 Å². The summed E-state index contributed by atoms with van der Waals surface area (Å²) in [5.41, 5.74) is 1.66. The fourth-order valence-corrected chi connectivity index (χ4v) is 2.00. The van der Waals surface area contributed by atoms with E-state index in [0.717, 1.165) is 11.3 Å². The van der Waals surface area contributed by atoms with Crippen LogP contribution in [0.4, 0.5) is 5.69 Å². The predicted molar refractivity (Wildman–Crippen MR) is 77.6 cm³/mol. The first-order valence-corrected chi connectivity index (χ1v) is 6.53. The van der Waals surface area contributed by atoms with Crippen LogP contribution in [0.25, 0.3) is 0 Å². The second-order valence-electron chi connectivity index (χ2n) is 4.40. The molecule has 0 amide bonds. The van der Waals surface area contributed by atoms with Gasteiger partial charge in [0.05, 0.1) is 10.6 Å². The quantitative estimate of drug-likeness (QED) is 0.676. The number of pyridine rings is 1. The highest BCUT2D eigenvalue weighted by Gasteiger charge is 2.13. The van der Waals surface area contributed by atoms with Gasteiger partial charge in [0.2, 0.25) is 0 Å². The van der Waals surface area contributed by atoms with Crippen molar-refractivity contribution in [2.24, 2.45) is 0 Å². The van der Waals surface area contributed by atoms with Crippen LogP contribution in [0, 0.1) is 10.1 Å². The lowest BCUT2D eigenvalue weighted by Gasteiger charge is -2.13. The van der Waals surface area contributed by atoms with Crippen LogP contribution in [-0.2, 0) is 6.54 Å². The van der Waals surface area contributed by atoms with Crippen molar-refractivity contribution in [3.05, 3.63) is 69.0 Å². The van der Waals surface area contributed by atoms with Crippen LogP contribution in [-0.4, -0.2) is 9.91 Å². The third-order valence-electron chi connectivity index (χ3n) is 2.95. The number of halogens is 1. The van der Waals surface area contributed by atoms with E-state index in [2.05, 4.69) is 10.3 Å². The van der Waals surface area contributed by atoms with E-state index in [4.69, 9.17) is 11.6 Å². The third kappa shape index (κ3) is 3.53. The smallest absolute Gasteiger partial charge is 0.288 e. The molecule has 1 N–H and O–H groups in total. The van der Waals surface area contributed by atoms with E-state index < -0.39 is 4.92 Å². The lowest BCUT2D eigenvalue weighted by molar-refractivity contribution is -0.384. The molecule has 5 nitrogen and oxygen atoms in total. The molecule has 6 heteroatoms. The van der Waals surface area contributed by atoms with Crippen LogP contribution < -0.4 is 5.32 Å². The molecule has 1 aromatic heterocycles. The molecular weight excluding hydrogens is 278 g/mol. The summed E-state index contributed by atoms with van der Waals surface area (Å²) in [6.45, 7) is 2.50. The summed E-state index contributed by atoms with van der Waals surface area (Å²) in [6, 6.07) is 10.6. The van der Waals surface area contributed by atoms with Crippen molar-refractivity contribution in [2.45, 2.75) is 19.5 Å². The zero-order valence-electron chi connectivity index (χ0n) is 10.9. The van der Waals surface area contributed by atoms with Gasteiger partial charge in [0.25, 0.3) is 5.69 Å². The van der Waals surface area contributed by atoms with Crippen LogP contribution >= 0.6 is 11.6 Å². The maximum Gasteiger partial charge on any atom is 0.288 e. The van der Waals surface area contributed by atoms with Crippen molar-refractivity contribution in [3.8, 4) is 0 Å². The van der Waals surface area contributed by atoms with Gasteiger partial charge in [-0.3, -0.25) is 15.1 Å². The van der Waals surface area contributed by atoms with Gasteiger partial charge < -0.3 is 5.32 Å². The molecule has 0 unspecified atom stereocenters. The number of hydrogen-bond acceptors (Lipinski definition) is 4. The minimum atomic E-state index is -0.478. The Hall–Kier alpha value is -1.98. The van der Waals surface area contributed by atoms with Crippen LogP contribution in [0.3, 0.4) is 0 Å². The van der Waals surface area contributed by atoms with E-state index in [9.17, 15) is 10.1 Å². The molecule has 1 aromatic carbocycles. The molecule has 0 radical (unpaired) electrons. The first-order valence-electron chi connectivity index (χ1n) is 6.15. The lowest BCUT2D eigenvalue weighted by Crippen LogP contribution is -2.19. The Morgan fingerprint density at radius 2 is 2.20 bits per heavy atom. The van der Waals surface area contributed by atoms with Crippen LogP contribution in [0.1, 0.15) is 24.2 Å². The monoisotopic (exact) mass is 291 g/mol. The summed E-state index contributed by atoms with van der Waals surface area (Å²) >= 11 is 5.78. The second kappa shape index (κ2) is 6.45. The number of hydrogen-bond donors (Lipinski definition) is 1. The summed E-state index contributed by atoms with van der Waals surface area (Å²) in [6.07, 6.45) is 1.74. The van der Waals surface area contributed by atoms with Crippen molar-refractivity contribution in [2.75, 3.05) is 0 Å². The zero-order valence-corrected chi connectivity index (χ0v) is 11.7. The van der Waals surface area contributed by atoms with E-state index in [1.165, 1.54) is 6.07 Å². The molecule has 0 saturated carbocycles. The van der Waals surface area contributed by atoms with E-state index in [-0.39, 0.29) is 16.8 Å². The van der Waals surface area contributed by atoms with Crippen molar-refractivity contribution in [1.82, 2.24) is 10.3 Å². The third-order valence-corrected chi connectivity index (χ3v) is 3.27. The SMILES string of the molecule is C[C@H](NCc1ccc(Cl)c([N+](=O)[O-])c1)c1ccccn1. The van der Waals surface area contributed by atoms with E-state index in [1.54, 1.807) is 18.3 Å². The van der Waals surface area contributed by atoms with Gasteiger partial charge in [-0.1, -0.05) is 23.7 Å². The second-order valence-corrected chi connectivity index (χ2v) is 4.81. The Kier molecular flexibility index (Phi) is 4.65. The van der Waals surface area contributed by atoms with E-state index in [1.807, 2.05) is 25.1 Å². The molecule has 2 aromatic rings. The summed E-state index contributed by atoms with van der Waals surface area (Å²) < 4.78 is 0. The van der Waals surface area contributed by atoms with Gasteiger partial charge in [-0.15, -0.1) is 0 Å². The topological polar surface area (TPSA) is 68.1 Å². The van der Waals surface area contributed by atoms with Gasteiger partial charge >= 0.3 is 0 Å². The fraction of sp³-hybridized carbons (Fsp3) is 0.214. The van der Waals surface area contributed by atoms with E-state index in [0.29, 0.717) is 6.54 Å². The summed E-state index contributed by atoms with van der Waals surface area (Å²) in [4.78, 5) is 14.6. The molecule has 0 spiro atoms. The zero-order chi connectivity index (χ0) is 14.5. The number of aromatic nitrogens is 1. The fourth-order valence-electron chi connectivity index (χ4n) is 1.82. The Morgan fingerprint density at radius 3 is 2.85 bits per heavy atom. The number of nitrogens with one attached hydrogen (secondary N) is 1. The number of nitrogens with zero attached hydrogens (tertiary/aromatic N) is 2. The van der Waals surface area contributed by atoms with Gasteiger partial charge in [0.1, 0.15) is 5.02 Å². The molecule has 0 aliphatic carbocycles. The van der Waals surface area contributed by atoms with Gasteiger partial charge in [-0.25, -0.2) is 0 Å².